The molecule has 0 saturated heterocycles. The molecule has 1 aliphatic rings. The highest BCUT2D eigenvalue weighted by molar-refractivity contribution is 4.75. The lowest BCUT2D eigenvalue weighted by molar-refractivity contribution is 0.179. The molecule has 0 nitrogen and oxygen atoms in total. The number of rotatable bonds is 5. The lowest BCUT2D eigenvalue weighted by atomic mass is 9.73. The lowest BCUT2D eigenvalue weighted by Crippen LogP contribution is -2.22. The van der Waals surface area contributed by atoms with Gasteiger partial charge in [0.05, 0.1) is 0 Å². The molecule has 0 radical (unpaired) electrons. The third kappa shape index (κ3) is 10.7. The van der Waals surface area contributed by atoms with Crippen molar-refractivity contribution in [2.75, 3.05) is 0 Å². The molecule has 1 unspecified atom stereocenters. The molecule has 0 spiro atoms. The van der Waals surface area contributed by atoms with Crippen LogP contribution in [0.2, 0.25) is 0 Å². The summed E-state index contributed by atoms with van der Waals surface area (Å²) in [7, 11) is 0. The average molecular weight is 287 g/mol. The van der Waals surface area contributed by atoms with Crippen LogP contribution in [-0.2, 0) is 0 Å². The first kappa shape index (κ1) is 25.0. The summed E-state index contributed by atoms with van der Waals surface area (Å²) < 4.78 is 0. The van der Waals surface area contributed by atoms with Crippen molar-refractivity contribution in [2.45, 2.75) is 114 Å². The van der Waals surface area contributed by atoms with Gasteiger partial charge in [0.1, 0.15) is 0 Å². The zero-order chi connectivity index (χ0) is 16.6. The Labute approximate surface area is 132 Å². The van der Waals surface area contributed by atoms with E-state index < -0.39 is 0 Å². The summed E-state index contributed by atoms with van der Waals surface area (Å²) in [5.74, 6) is 1.99. The Morgan fingerprint density at radius 3 is 1.35 bits per heavy atom. The van der Waals surface area contributed by atoms with Crippen LogP contribution < -0.4 is 0 Å². The van der Waals surface area contributed by atoms with Crippen LogP contribution in [0.25, 0.3) is 0 Å². The van der Waals surface area contributed by atoms with Gasteiger partial charge in [-0.05, 0) is 17.3 Å². The van der Waals surface area contributed by atoms with Crippen molar-refractivity contribution in [3.8, 4) is 0 Å². The lowest BCUT2D eigenvalue weighted by Gasteiger charge is -2.33. The Morgan fingerprint density at radius 2 is 1.30 bits per heavy atom. The Hall–Kier alpha value is 0. The Kier molecular flexibility index (Phi) is 21.3. The normalized spacial score (nSPS) is 15.3. The minimum absolute atomic E-state index is 0.592. The maximum Gasteiger partial charge on any atom is -0.0305 e. The molecule has 1 atom stereocenters. The molecule has 1 fully saturated rings. The summed E-state index contributed by atoms with van der Waals surface area (Å²) in [6, 6.07) is 0. The monoisotopic (exact) mass is 286 g/mol. The molecule has 0 aromatic heterocycles. The molecule has 0 aliphatic heterocycles. The fraction of sp³-hybridized carbons (Fsp3) is 1.00. The van der Waals surface area contributed by atoms with Gasteiger partial charge in [-0.1, -0.05) is 114 Å². The second-order valence-electron chi connectivity index (χ2n) is 5.88. The van der Waals surface area contributed by atoms with Gasteiger partial charge < -0.3 is 0 Å². The minimum Gasteiger partial charge on any atom is -0.0683 e. The molecule has 1 saturated carbocycles. The largest absolute Gasteiger partial charge is 0.0683 e. The van der Waals surface area contributed by atoms with Gasteiger partial charge in [0.25, 0.3) is 0 Å². The third-order valence-electron chi connectivity index (χ3n) is 5.22. The van der Waals surface area contributed by atoms with Crippen LogP contribution in [0.1, 0.15) is 114 Å². The quantitative estimate of drug-likeness (QED) is 0.479. The first-order valence-corrected chi connectivity index (χ1v) is 9.53. The van der Waals surface area contributed by atoms with Crippen molar-refractivity contribution in [1.29, 1.82) is 0 Å². The van der Waals surface area contributed by atoms with Gasteiger partial charge in [0.15, 0.2) is 0 Å². The summed E-state index contributed by atoms with van der Waals surface area (Å²) in [6.45, 7) is 21.9. The summed E-state index contributed by atoms with van der Waals surface area (Å²) in [4.78, 5) is 0. The van der Waals surface area contributed by atoms with Gasteiger partial charge in [-0.2, -0.15) is 0 Å². The van der Waals surface area contributed by atoms with Crippen LogP contribution in [0.15, 0.2) is 0 Å². The summed E-state index contributed by atoms with van der Waals surface area (Å²) in [5.41, 5.74) is 0.592. The molecule has 1 rings (SSSR count). The Morgan fingerprint density at radius 1 is 0.900 bits per heavy atom. The molecule has 1 aliphatic carbocycles. The molecule has 0 bridgehead atoms. The van der Waals surface area contributed by atoms with E-state index >= 15 is 0 Å². The van der Waals surface area contributed by atoms with Crippen LogP contribution in [0, 0.1) is 17.3 Å². The average Bonchev–Trinajstić information content (AvgIpc) is 2.49. The van der Waals surface area contributed by atoms with E-state index in [9.17, 15) is 0 Å². The molecule has 0 aromatic carbocycles. The van der Waals surface area contributed by atoms with Gasteiger partial charge in [-0.3, -0.25) is 0 Å². The van der Waals surface area contributed by atoms with Gasteiger partial charge >= 0.3 is 0 Å². The van der Waals surface area contributed by atoms with E-state index in [1.54, 1.807) is 0 Å². The highest BCUT2D eigenvalue weighted by atomic mass is 14.3. The fourth-order valence-corrected chi connectivity index (χ4v) is 2.34. The van der Waals surface area contributed by atoms with Gasteiger partial charge in [0.2, 0.25) is 0 Å². The van der Waals surface area contributed by atoms with Crippen LogP contribution in [0.5, 0.6) is 0 Å². The smallest absolute Gasteiger partial charge is 0.0305 e. The Balaban J connectivity index is -0.000000245. The molecular formula is C20H46. The molecule has 0 heteroatoms. The van der Waals surface area contributed by atoms with E-state index in [-0.39, 0.29) is 0 Å². The highest BCUT2D eigenvalue weighted by Crippen LogP contribution is 2.35. The zero-order valence-electron chi connectivity index (χ0n) is 16.6. The molecule has 126 valence electrons. The van der Waals surface area contributed by atoms with Crippen molar-refractivity contribution in [3.05, 3.63) is 0 Å². The first-order valence-electron chi connectivity index (χ1n) is 9.53. The van der Waals surface area contributed by atoms with Crippen molar-refractivity contribution >= 4 is 0 Å². The van der Waals surface area contributed by atoms with E-state index in [1.165, 1.54) is 44.9 Å². The van der Waals surface area contributed by atoms with Crippen LogP contribution in [0.3, 0.4) is 0 Å². The van der Waals surface area contributed by atoms with E-state index in [1.807, 2.05) is 27.7 Å². The number of hydrogen-bond acceptors (Lipinski definition) is 0. The number of hydrogen-bond donors (Lipinski definition) is 0. The van der Waals surface area contributed by atoms with Gasteiger partial charge in [-0.25, -0.2) is 0 Å². The zero-order valence-corrected chi connectivity index (χ0v) is 16.6. The second-order valence-corrected chi connectivity index (χ2v) is 5.88. The molecule has 0 N–H and O–H groups in total. The summed E-state index contributed by atoms with van der Waals surface area (Å²) in [5, 5.41) is 0. The highest BCUT2D eigenvalue weighted by Gasteiger charge is 2.25. The molecular weight excluding hydrogens is 240 g/mol. The standard InChI is InChI=1S/C10H22.C6H12.2C2H6/c1-6-9(4)10(5,7-2)8-3;1-2-6-4-3-5-6;2*1-2/h9H,6-8H2,1-5H3;6H,2-5H2,1H3;2*1-2H3. The topological polar surface area (TPSA) is 0 Å². The maximum absolute atomic E-state index is 2.40. The van der Waals surface area contributed by atoms with E-state index in [0.717, 1.165) is 11.8 Å². The van der Waals surface area contributed by atoms with Crippen LogP contribution in [-0.4, -0.2) is 0 Å². The van der Waals surface area contributed by atoms with Crippen LogP contribution >= 0.6 is 0 Å². The molecule has 0 amide bonds. The van der Waals surface area contributed by atoms with Crippen LogP contribution in [0.4, 0.5) is 0 Å². The van der Waals surface area contributed by atoms with Crippen molar-refractivity contribution in [1.82, 2.24) is 0 Å². The predicted octanol–water partition coefficient (Wildman–Crippen LogP) is 8.11. The molecule has 0 heterocycles. The first-order chi connectivity index (χ1) is 9.53. The second kappa shape index (κ2) is 17.1. The maximum atomic E-state index is 2.40. The Bertz CT molecular complexity index is 149. The van der Waals surface area contributed by atoms with E-state index in [4.69, 9.17) is 0 Å². The minimum atomic E-state index is 0.592. The van der Waals surface area contributed by atoms with Crippen molar-refractivity contribution in [2.24, 2.45) is 17.3 Å². The van der Waals surface area contributed by atoms with Gasteiger partial charge in [-0.15, -0.1) is 0 Å². The SMILES string of the molecule is CC.CC.CCC(C)C(C)(CC)CC.CCC1CCC1. The predicted molar refractivity (Wildman–Crippen MR) is 98.5 cm³/mol. The molecule has 0 aromatic rings. The summed E-state index contributed by atoms with van der Waals surface area (Å²) >= 11 is 0. The van der Waals surface area contributed by atoms with Crippen molar-refractivity contribution in [3.63, 3.8) is 0 Å². The fourth-order valence-electron chi connectivity index (χ4n) is 2.34. The van der Waals surface area contributed by atoms with Crippen molar-refractivity contribution < 1.29 is 0 Å². The van der Waals surface area contributed by atoms with E-state index in [0.29, 0.717) is 5.41 Å². The third-order valence-corrected chi connectivity index (χ3v) is 5.22. The van der Waals surface area contributed by atoms with E-state index in [2.05, 4.69) is 41.5 Å². The molecule has 20 heavy (non-hydrogen) atoms. The van der Waals surface area contributed by atoms with Gasteiger partial charge in [0, 0.05) is 0 Å². The summed E-state index contributed by atoms with van der Waals surface area (Å²) in [6.07, 6.45) is 9.89.